The third-order valence-corrected chi connectivity index (χ3v) is 8.27. The minimum Gasteiger partial charge on any atom is -0.496 e. The molecular formula is C33H35IN4O6. The number of amides is 1. The third-order valence-electron chi connectivity index (χ3n) is 7.47. The predicted molar refractivity (Wildman–Crippen MR) is 178 cm³/mol. The Morgan fingerprint density at radius 3 is 2.52 bits per heavy atom. The first-order chi connectivity index (χ1) is 21.2. The molecule has 0 atom stereocenters. The molecule has 0 unspecified atom stereocenters. The number of carbonyl (C=O) groups excluding carboxylic acids is 1. The summed E-state index contributed by atoms with van der Waals surface area (Å²) in [4.78, 5) is 33.1. The van der Waals surface area contributed by atoms with Gasteiger partial charge in [0.1, 0.15) is 5.75 Å². The molecule has 1 fully saturated rings. The average molecular weight is 711 g/mol. The second kappa shape index (κ2) is 13.8. The molecule has 0 radical (unpaired) electrons. The topological polar surface area (TPSA) is 104 Å². The molecule has 11 heteroatoms. The lowest BCUT2D eigenvalue weighted by molar-refractivity contribution is -0.137. The first kappa shape index (κ1) is 31.5. The van der Waals surface area contributed by atoms with E-state index in [9.17, 15) is 9.59 Å². The molecule has 44 heavy (non-hydrogen) atoms. The van der Waals surface area contributed by atoms with Crippen molar-refractivity contribution in [2.24, 2.45) is 5.10 Å². The molecule has 1 saturated heterocycles. The van der Waals surface area contributed by atoms with Gasteiger partial charge in [0.2, 0.25) is 0 Å². The Balaban J connectivity index is 1.53. The number of fused-ring (bicyclic) bond motifs is 1. The van der Waals surface area contributed by atoms with Gasteiger partial charge in [-0.2, -0.15) is 9.78 Å². The summed E-state index contributed by atoms with van der Waals surface area (Å²) in [6.45, 7) is 8.18. The number of methoxy groups -OCH3 is 2. The van der Waals surface area contributed by atoms with E-state index in [2.05, 4.69) is 41.5 Å². The summed E-state index contributed by atoms with van der Waals surface area (Å²) in [5.41, 5.74) is 3.68. The lowest BCUT2D eigenvalue weighted by Gasteiger charge is -2.27. The zero-order valence-electron chi connectivity index (χ0n) is 25.4. The Labute approximate surface area is 269 Å². The molecule has 5 rings (SSSR count). The number of benzene rings is 3. The van der Waals surface area contributed by atoms with Crippen LogP contribution < -0.4 is 19.8 Å². The van der Waals surface area contributed by atoms with Crippen molar-refractivity contribution in [3.63, 3.8) is 0 Å². The van der Waals surface area contributed by atoms with E-state index in [-0.39, 0.29) is 24.0 Å². The van der Waals surface area contributed by atoms with Crippen LogP contribution >= 0.6 is 22.6 Å². The van der Waals surface area contributed by atoms with Crippen LogP contribution in [-0.4, -0.2) is 73.8 Å². The van der Waals surface area contributed by atoms with Gasteiger partial charge >= 0.3 is 0 Å². The van der Waals surface area contributed by atoms with Gasteiger partial charge in [-0.15, -0.1) is 0 Å². The van der Waals surface area contributed by atoms with Crippen LogP contribution in [-0.2, 0) is 9.53 Å². The van der Waals surface area contributed by atoms with Crippen LogP contribution in [0.25, 0.3) is 22.3 Å². The van der Waals surface area contributed by atoms with E-state index < -0.39 is 0 Å². The number of morpholine rings is 1. The summed E-state index contributed by atoms with van der Waals surface area (Å²) in [6, 6.07) is 14.9. The lowest BCUT2D eigenvalue weighted by atomic mass is 9.96. The summed E-state index contributed by atoms with van der Waals surface area (Å²) < 4.78 is 24.6. The first-order valence-electron chi connectivity index (χ1n) is 14.3. The van der Waals surface area contributed by atoms with Crippen molar-refractivity contribution < 1.29 is 23.7 Å². The Morgan fingerprint density at radius 2 is 1.82 bits per heavy atom. The summed E-state index contributed by atoms with van der Waals surface area (Å²) in [7, 11) is 3.19. The van der Waals surface area contributed by atoms with Gasteiger partial charge in [-0.1, -0.05) is 26.0 Å². The van der Waals surface area contributed by atoms with E-state index in [1.54, 1.807) is 30.4 Å². The van der Waals surface area contributed by atoms with Crippen LogP contribution in [0.1, 0.15) is 36.5 Å². The van der Waals surface area contributed by atoms with E-state index in [4.69, 9.17) is 23.9 Å². The van der Waals surface area contributed by atoms with Gasteiger partial charge in [0.05, 0.1) is 48.1 Å². The van der Waals surface area contributed by atoms with Crippen molar-refractivity contribution in [3.8, 4) is 28.6 Å². The fourth-order valence-corrected chi connectivity index (χ4v) is 5.87. The molecule has 4 aromatic rings. The SMILES string of the molecule is COc1cc(C)c(-c2nc3ccccc3c(=O)n2N=Cc2cc(I)c(OCC(=O)N3CCOCC3)c(OC)c2)cc1C(C)C. The number of rotatable bonds is 9. The number of para-hydroxylation sites is 1. The number of carbonyl (C=O) groups is 1. The highest BCUT2D eigenvalue weighted by atomic mass is 127. The Bertz CT molecular complexity index is 1780. The number of hydrogen-bond acceptors (Lipinski definition) is 8. The molecule has 3 aromatic carbocycles. The molecule has 1 aromatic heterocycles. The van der Waals surface area contributed by atoms with Crippen molar-refractivity contribution >= 4 is 45.6 Å². The molecule has 0 spiro atoms. The molecule has 0 bridgehead atoms. The number of aromatic nitrogens is 2. The Kier molecular flexibility index (Phi) is 9.84. The smallest absolute Gasteiger partial charge is 0.282 e. The highest BCUT2D eigenvalue weighted by Gasteiger charge is 2.21. The Hall–Kier alpha value is -3.97. The average Bonchev–Trinajstić information content (AvgIpc) is 3.03. The van der Waals surface area contributed by atoms with Crippen molar-refractivity contribution in [1.29, 1.82) is 0 Å². The maximum atomic E-state index is 13.8. The highest BCUT2D eigenvalue weighted by molar-refractivity contribution is 14.1. The number of halogens is 1. The fourth-order valence-electron chi connectivity index (χ4n) is 5.09. The fraction of sp³-hybridized carbons (Fsp3) is 0.333. The number of aryl methyl sites for hydroxylation is 1. The quantitative estimate of drug-likeness (QED) is 0.173. The van der Waals surface area contributed by atoms with Crippen LogP contribution in [0.15, 0.2) is 58.4 Å². The molecule has 1 aliphatic heterocycles. The van der Waals surface area contributed by atoms with Crippen molar-refractivity contribution in [3.05, 3.63) is 79.1 Å². The first-order valence-corrected chi connectivity index (χ1v) is 15.4. The Morgan fingerprint density at radius 1 is 1.09 bits per heavy atom. The van der Waals surface area contributed by atoms with E-state index in [0.29, 0.717) is 60.1 Å². The van der Waals surface area contributed by atoms with Crippen LogP contribution in [0.5, 0.6) is 17.2 Å². The molecule has 0 aliphatic carbocycles. The summed E-state index contributed by atoms with van der Waals surface area (Å²) >= 11 is 2.14. The van der Waals surface area contributed by atoms with Crippen LogP contribution in [0.4, 0.5) is 0 Å². The number of ether oxygens (including phenoxy) is 4. The molecule has 1 amide bonds. The highest BCUT2D eigenvalue weighted by Crippen LogP contribution is 2.35. The van der Waals surface area contributed by atoms with Gasteiger partial charge in [-0.3, -0.25) is 9.59 Å². The lowest BCUT2D eigenvalue weighted by Crippen LogP contribution is -2.43. The van der Waals surface area contributed by atoms with Gasteiger partial charge < -0.3 is 23.8 Å². The molecule has 0 N–H and O–H groups in total. The standard InChI is InChI=1S/C33H35IN4O6/c1-20(2)24-17-25(21(3)14-28(24)41-4)32-36-27-9-7-6-8-23(27)33(40)38(32)35-18-22-15-26(34)31(29(16-22)42-5)44-19-30(39)37-10-12-43-13-11-37/h6-9,14-18,20H,10-13,19H2,1-5H3. The number of nitrogens with zero attached hydrogens (tertiary/aromatic N) is 4. The van der Waals surface area contributed by atoms with E-state index >= 15 is 0 Å². The minimum absolute atomic E-state index is 0.109. The summed E-state index contributed by atoms with van der Waals surface area (Å²) in [5.74, 6) is 2.21. The normalized spacial score (nSPS) is 13.6. The molecule has 0 saturated carbocycles. The third kappa shape index (κ3) is 6.58. The van der Waals surface area contributed by atoms with Crippen LogP contribution in [0.2, 0.25) is 0 Å². The van der Waals surface area contributed by atoms with Gasteiger partial charge in [-0.25, -0.2) is 4.98 Å². The van der Waals surface area contributed by atoms with Gasteiger partial charge in [-0.05, 0) is 88.5 Å². The van der Waals surface area contributed by atoms with Gasteiger partial charge in [0.15, 0.2) is 23.9 Å². The minimum atomic E-state index is -0.286. The largest absolute Gasteiger partial charge is 0.496 e. The second-order valence-corrected chi connectivity index (χ2v) is 11.9. The molecule has 10 nitrogen and oxygen atoms in total. The summed E-state index contributed by atoms with van der Waals surface area (Å²) in [6.07, 6.45) is 1.59. The maximum Gasteiger partial charge on any atom is 0.282 e. The van der Waals surface area contributed by atoms with Crippen molar-refractivity contribution in [2.45, 2.75) is 26.7 Å². The van der Waals surface area contributed by atoms with E-state index in [1.807, 2.05) is 43.3 Å². The van der Waals surface area contributed by atoms with Crippen LogP contribution in [0.3, 0.4) is 0 Å². The number of hydrogen-bond donors (Lipinski definition) is 0. The zero-order valence-corrected chi connectivity index (χ0v) is 27.6. The van der Waals surface area contributed by atoms with E-state index in [1.165, 1.54) is 11.8 Å². The zero-order chi connectivity index (χ0) is 31.4. The second-order valence-electron chi connectivity index (χ2n) is 10.7. The van der Waals surface area contributed by atoms with Crippen molar-refractivity contribution in [2.75, 3.05) is 47.1 Å². The van der Waals surface area contributed by atoms with E-state index in [0.717, 1.165) is 26.0 Å². The predicted octanol–water partition coefficient (Wildman–Crippen LogP) is 5.24. The van der Waals surface area contributed by atoms with Crippen molar-refractivity contribution in [1.82, 2.24) is 14.6 Å². The maximum absolute atomic E-state index is 13.8. The molecule has 230 valence electrons. The molecule has 1 aliphatic rings. The van der Waals surface area contributed by atoms with Gasteiger partial charge in [0.25, 0.3) is 11.5 Å². The monoisotopic (exact) mass is 710 g/mol. The summed E-state index contributed by atoms with van der Waals surface area (Å²) in [5, 5.41) is 5.12. The van der Waals surface area contributed by atoms with Gasteiger partial charge in [0, 0.05) is 18.7 Å². The molecule has 2 heterocycles. The van der Waals surface area contributed by atoms with Crippen LogP contribution in [0, 0.1) is 10.5 Å². The molecular weight excluding hydrogens is 675 g/mol.